The lowest BCUT2D eigenvalue weighted by atomic mass is 10.1. The molecule has 0 bridgehead atoms. The third-order valence-corrected chi connectivity index (χ3v) is 3.22. The van der Waals surface area contributed by atoms with Crippen molar-refractivity contribution >= 4 is 17.5 Å². The fourth-order valence-electron chi connectivity index (χ4n) is 1.78. The number of rotatable bonds is 4. The maximum absolute atomic E-state index is 13.6. The van der Waals surface area contributed by atoms with Gasteiger partial charge in [0.2, 0.25) is 0 Å². The van der Waals surface area contributed by atoms with Gasteiger partial charge >= 0.3 is 0 Å². The van der Waals surface area contributed by atoms with E-state index < -0.39 is 11.7 Å². The predicted molar refractivity (Wildman–Crippen MR) is 76.9 cm³/mol. The number of nitrogens with two attached hydrogens (primary N) is 1. The molecular weight excluding hydrogens is 279 g/mol. The monoisotopic (exact) mass is 292 g/mol. The molecule has 0 radical (unpaired) electrons. The first-order chi connectivity index (χ1) is 9.61. The van der Waals surface area contributed by atoms with Gasteiger partial charge in [0.15, 0.2) is 0 Å². The van der Waals surface area contributed by atoms with Crippen molar-refractivity contribution in [3.63, 3.8) is 0 Å². The molecule has 0 spiro atoms. The summed E-state index contributed by atoms with van der Waals surface area (Å²) in [5.41, 5.74) is 7.29. The van der Waals surface area contributed by atoms with E-state index in [9.17, 15) is 9.18 Å². The molecule has 1 amide bonds. The van der Waals surface area contributed by atoms with E-state index in [1.54, 1.807) is 0 Å². The van der Waals surface area contributed by atoms with Crippen LogP contribution >= 0.6 is 11.6 Å². The molecule has 104 valence electrons. The van der Waals surface area contributed by atoms with Crippen LogP contribution in [0.3, 0.4) is 0 Å². The number of carbonyl (C=O) groups excluding carboxylic acids is 1. The quantitative estimate of drug-likeness (QED) is 0.910. The zero-order chi connectivity index (χ0) is 14.5. The van der Waals surface area contributed by atoms with Gasteiger partial charge in [0.1, 0.15) is 5.82 Å². The molecule has 5 heteroatoms. The lowest BCUT2D eigenvalue weighted by Gasteiger charge is -2.08. The second kappa shape index (κ2) is 6.50. The fraction of sp³-hybridized carbons (Fsp3) is 0.133. The Balaban J connectivity index is 2.05. The molecule has 0 saturated carbocycles. The predicted octanol–water partition coefficient (Wildman–Crippen LogP) is 2.87. The average molecular weight is 293 g/mol. The van der Waals surface area contributed by atoms with Crippen molar-refractivity contribution < 1.29 is 9.18 Å². The molecule has 0 heterocycles. The van der Waals surface area contributed by atoms with Gasteiger partial charge in [0, 0.05) is 13.1 Å². The van der Waals surface area contributed by atoms with Crippen LogP contribution in [0.25, 0.3) is 0 Å². The first-order valence-electron chi connectivity index (χ1n) is 6.12. The van der Waals surface area contributed by atoms with Gasteiger partial charge in [-0.25, -0.2) is 4.39 Å². The van der Waals surface area contributed by atoms with Crippen LogP contribution in [0, 0.1) is 5.82 Å². The number of nitrogens with one attached hydrogen (secondary N) is 1. The lowest BCUT2D eigenvalue weighted by molar-refractivity contribution is 0.0947. The second-order valence-corrected chi connectivity index (χ2v) is 4.71. The van der Waals surface area contributed by atoms with Crippen LogP contribution in [0.15, 0.2) is 42.5 Å². The summed E-state index contributed by atoms with van der Waals surface area (Å²) >= 11 is 5.83. The van der Waals surface area contributed by atoms with Crippen molar-refractivity contribution in [3.8, 4) is 0 Å². The highest BCUT2D eigenvalue weighted by molar-refractivity contribution is 6.33. The van der Waals surface area contributed by atoms with E-state index in [1.807, 2.05) is 24.3 Å². The van der Waals surface area contributed by atoms with Crippen LogP contribution in [0.4, 0.5) is 4.39 Å². The minimum atomic E-state index is -0.631. The van der Waals surface area contributed by atoms with Gasteiger partial charge < -0.3 is 11.1 Å². The summed E-state index contributed by atoms with van der Waals surface area (Å²) in [6.45, 7) is 0.770. The second-order valence-electron chi connectivity index (χ2n) is 4.30. The van der Waals surface area contributed by atoms with Crippen LogP contribution in [0.2, 0.25) is 5.02 Å². The van der Waals surface area contributed by atoms with Crippen molar-refractivity contribution in [3.05, 3.63) is 70.0 Å². The van der Waals surface area contributed by atoms with Crippen molar-refractivity contribution in [2.75, 3.05) is 0 Å². The van der Waals surface area contributed by atoms with E-state index in [0.29, 0.717) is 13.1 Å². The molecule has 2 aromatic carbocycles. The maximum Gasteiger partial charge on any atom is 0.256 e. The topological polar surface area (TPSA) is 55.1 Å². The summed E-state index contributed by atoms with van der Waals surface area (Å²) in [6, 6.07) is 11.7. The Morgan fingerprint density at radius 1 is 1.15 bits per heavy atom. The van der Waals surface area contributed by atoms with E-state index in [1.165, 1.54) is 18.2 Å². The Labute approximate surface area is 121 Å². The smallest absolute Gasteiger partial charge is 0.256 e. The first-order valence-corrected chi connectivity index (χ1v) is 6.49. The molecule has 0 aliphatic rings. The van der Waals surface area contributed by atoms with Crippen molar-refractivity contribution in [1.29, 1.82) is 0 Å². The van der Waals surface area contributed by atoms with Gasteiger partial charge in [-0.3, -0.25) is 4.79 Å². The molecule has 3 nitrogen and oxygen atoms in total. The van der Waals surface area contributed by atoms with Gasteiger partial charge in [-0.15, -0.1) is 0 Å². The van der Waals surface area contributed by atoms with Crippen molar-refractivity contribution in [2.45, 2.75) is 13.1 Å². The Bertz CT molecular complexity index is 594. The summed E-state index contributed by atoms with van der Waals surface area (Å²) < 4.78 is 13.6. The Kier molecular flexibility index (Phi) is 4.71. The Morgan fingerprint density at radius 2 is 1.80 bits per heavy atom. The minimum absolute atomic E-state index is 0.0981. The number of carbonyl (C=O) groups is 1. The summed E-state index contributed by atoms with van der Waals surface area (Å²) in [7, 11) is 0. The molecule has 2 rings (SSSR count). The molecule has 0 unspecified atom stereocenters. The Hall–Kier alpha value is -1.91. The summed E-state index contributed by atoms with van der Waals surface area (Å²) in [5, 5.41) is 2.74. The molecule has 0 aliphatic carbocycles. The fourth-order valence-corrected chi connectivity index (χ4v) is 2.03. The SMILES string of the molecule is NCc1ccc(CNC(=O)c2c(F)cccc2Cl)cc1. The van der Waals surface area contributed by atoms with Crippen LogP contribution in [0.1, 0.15) is 21.5 Å². The highest BCUT2D eigenvalue weighted by atomic mass is 35.5. The highest BCUT2D eigenvalue weighted by Crippen LogP contribution is 2.18. The number of hydrogen-bond donors (Lipinski definition) is 2. The normalized spacial score (nSPS) is 10.3. The van der Waals surface area contributed by atoms with Crippen LogP contribution in [-0.4, -0.2) is 5.91 Å². The maximum atomic E-state index is 13.6. The summed E-state index contributed by atoms with van der Waals surface area (Å²) in [5.74, 6) is -1.16. The minimum Gasteiger partial charge on any atom is -0.348 e. The number of benzene rings is 2. The molecule has 3 N–H and O–H groups in total. The van der Waals surface area contributed by atoms with Gasteiger partial charge in [-0.05, 0) is 23.3 Å². The number of halogens is 2. The van der Waals surface area contributed by atoms with E-state index in [2.05, 4.69) is 5.32 Å². The third-order valence-electron chi connectivity index (χ3n) is 2.90. The van der Waals surface area contributed by atoms with Crippen LogP contribution in [-0.2, 0) is 13.1 Å². The standard InChI is InChI=1S/C15H14ClFN2O/c16-12-2-1-3-13(17)14(12)15(20)19-9-11-6-4-10(8-18)5-7-11/h1-7H,8-9,18H2,(H,19,20). The molecular formula is C15H14ClFN2O. The highest BCUT2D eigenvalue weighted by Gasteiger charge is 2.15. The number of hydrogen-bond acceptors (Lipinski definition) is 2. The molecule has 0 fully saturated rings. The molecule has 0 saturated heterocycles. The molecule has 20 heavy (non-hydrogen) atoms. The zero-order valence-corrected chi connectivity index (χ0v) is 11.5. The van der Waals surface area contributed by atoms with Crippen molar-refractivity contribution in [1.82, 2.24) is 5.32 Å². The van der Waals surface area contributed by atoms with Crippen LogP contribution < -0.4 is 11.1 Å². The average Bonchev–Trinajstić information content (AvgIpc) is 2.45. The van der Waals surface area contributed by atoms with Gasteiger partial charge in [-0.2, -0.15) is 0 Å². The Morgan fingerprint density at radius 3 is 2.40 bits per heavy atom. The first kappa shape index (κ1) is 14.5. The largest absolute Gasteiger partial charge is 0.348 e. The van der Waals surface area contributed by atoms with Gasteiger partial charge in [-0.1, -0.05) is 41.9 Å². The lowest BCUT2D eigenvalue weighted by Crippen LogP contribution is -2.24. The molecule has 0 aliphatic heterocycles. The third kappa shape index (κ3) is 3.35. The zero-order valence-electron chi connectivity index (χ0n) is 10.7. The molecule has 0 aromatic heterocycles. The van der Waals surface area contributed by atoms with E-state index in [-0.39, 0.29) is 10.6 Å². The molecule has 2 aromatic rings. The summed E-state index contributed by atoms with van der Waals surface area (Å²) in [6.07, 6.45) is 0. The van der Waals surface area contributed by atoms with E-state index in [4.69, 9.17) is 17.3 Å². The molecule has 0 atom stereocenters. The van der Waals surface area contributed by atoms with E-state index in [0.717, 1.165) is 11.1 Å². The van der Waals surface area contributed by atoms with E-state index >= 15 is 0 Å². The van der Waals surface area contributed by atoms with Gasteiger partial charge in [0.25, 0.3) is 5.91 Å². The van der Waals surface area contributed by atoms with Crippen LogP contribution in [0.5, 0.6) is 0 Å². The van der Waals surface area contributed by atoms with Crippen molar-refractivity contribution in [2.24, 2.45) is 5.73 Å². The van der Waals surface area contributed by atoms with Gasteiger partial charge in [0.05, 0.1) is 10.6 Å². The summed E-state index contributed by atoms with van der Waals surface area (Å²) in [4.78, 5) is 11.9. The number of amides is 1.